The summed E-state index contributed by atoms with van der Waals surface area (Å²) in [4.78, 5) is 28.1. The van der Waals surface area contributed by atoms with E-state index in [1.54, 1.807) is 29.2 Å². The van der Waals surface area contributed by atoms with Gasteiger partial charge in [-0.1, -0.05) is 117 Å². The molecule has 0 fully saturated rings. The van der Waals surface area contributed by atoms with E-state index in [1.165, 1.54) is 0 Å². The lowest BCUT2D eigenvalue weighted by Crippen LogP contribution is -2.31. The molecule has 0 saturated carbocycles. The molecule has 0 aliphatic heterocycles. The summed E-state index contributed by atoms with van der Waals surface area (Å²) >= 11 is 0. The van der Waals surface area contributed by atoms with Gasteiger partial charge in [-0.3, -0.25) is 4.79 Å². The van der Waals surface area contributed by atoms with Gasteiger partial charge < -0.3 is 24.2 Å². The Kier molecular flexibility index (Phi) is 11.6. The molecule has 0 aliphatic rings. The Balaban J connectivity index is 1.37. The number of anilines is 1. The van der Waals surface area contributed by atoms with Gasteiger partial charge in [-0.05, 0) is 76.2 Å². The first-order valence-corrected chi connectivity index (χ1v) is 17.3. The second-order valence-corrected chi connectivity index (χ2v) is 12.8. The molecule has 6 rings (SSSR count). The lowest BCUT2D eigenvalue weighted by molar-refractivity contribution is 0.0696. The molecule has 0 unspecified atom stereocenters. The Hall–Kier alpha value is -6.34. The molecular weight excluding hydrogens is 650 g/mol. The third-order valence-corrected chi connectivity index (χ3v) is 8.62. The van der Waals surface area contributed by atoms with Crippen LogP contribution in [0.2, 0.25) is 0 Å². The van der Waals surface area contributed by atoms with Crippen molar-refractivity contribution < 1.29 is 28.9 Å². The van der Waals surface area contributed by atoms with Crippen LogP contribution in [0.5, 0.6) is 17.2 Å². The highest BCUT2D eigenvalue weighted by molar-refractivity contribution is 6.08. The van der Waals surface area contributed by atoms with Gasteiger partial charge in [0.2, 0.25) is 0 Å². The number of hydrogen-bond acceptors (Lipinski definition) is 5. The van der Waals surface area contributed by atoms with E-state index >= 15 is 0 Å². The van der Waals surface area contributed by atoms with Crippen molar-refractivity contribution in [2.75, 3.05) is 4.90 Å². The molecule has 52 heavy (non-hydrogen) atoms. The van der Waals surface area contributed by atoms with Crippen LogP contribution in [0.1, 0.15) is 68.3 Å². The summed E-state index contributed by atoms with van der Waals surface area (Å²) in [7, 11) is 0. The summed E-state index contributed by atoms with van der Waals surface area (Å²) in [6.07, 6.45) is 0. The number of carboxylic acid groups (broad SMARTS) is 1. The fourth-order valence-corrected chi connectivity index (χ4v) is 5.74. The van der Waals surface area contributed by atoms with E-state index in [0.717, 1.165) is 27.8 Å². The normalized spacial score (nSPS) is 10.8. The van der Waals surface area contributed by atoms with Crippen LogP contribution < -0.4 is 19.1 Å². The highest BCUT2D eigenvalue weighted by Gasteiger charge is 2.26. The van der Waals surface area contributed by atoms with Gasteiger partial charge in [0.25, 0.3) is 5.91 Å². The molecule has 0 aliphatic carbocycles. The Bertz CT molecular complexity index is 2060. The van der Waals surface area contributed by atoms with E-state index < -0.39 is 5.97 Å². The van der Waals surface area contributed by atoms with Gasteiger partial charge in [0.05, 0.1) is 17.7 Å². The van der Waals surface area contributed by atoms with Crippen molar-refractivity contribution in [3.63, 3.8) is 0 Å². The molecule has 1 amide bonds. The number of nitrogens with zero attached hydrogens (tertiary/aromatic N) is 1. The molecule has 262 valence electrons. The van der Waals surface area contributed by atoms with Gasteiger partial charge in [-0.25, -0.2) is 4.79 Å². The zero-order chi connectivity index (χ0) is 36.3. The Labute approximate surface area is 304 Å². The first-order valence-electron chi connectivity index (χ1n) is 17.3. The van der Waals surface area contributed by atoms with Crippen molar-refractivity contribution in [2.45, 2.75) is 46.1 Å². The van der Waals surface area contributed by atoms with E-state index in [-0.39, 0.29) is 30.5 Å². The highest BCUT2D eigenvalue weighted by atomic mass is 16.5. The first kappa shape index (κ1) is 35.5. The average molecular weight is 692 g/mol. The molecular formula is C45H41NO6. The van der Waals surface area contributed by atoms with Crippen LogP contribution >= 0.6 is 0 Å². The lowest BCUT2D eigenvalue weighted by Gasteiger charge is -2.26. The average Bonchev–Trinajstić information content (AvgIpc) is 3.18. The molecule has 1 N–H and O–H groups in total. The molecule has 0 radical (unpaired) electrons. The molecule has 7 nitrogen and oxygen atoms in total. The monoisotopic (exact) mass is 691 g/mol. The van der Waals surface area contributed by atoms with Crippen LogP contribution in [-0.2, 0) is 26.4 Å². The topological polar surface area (TPSA) is 85.3 Å². The second kappa shape index (κ2) is 17.1. The van der Waals surface area contributed by atoms with E-state index in [1.807, 2.05) is 127 Å². The quantitative estimate of drug-likeness (QED) is 0.115. The second-order valence-electron chi connectivity index (χ2n) is 12.8. The Morgan fingerprint density at radius 2 is 1.08 bits per heavy atom. The number of ether oxygens (including phenoxy) is 3. The summed E-state index contributed by atoms with van der Waals surface area (Å²) < 4.78 is 18.9. The predicted molar refractivity (Wildman–Crippen MR) is 203 cm³/mol. The number of amides is 1. The van der Waals surface area contributed by atoms with E-state index in [9.17, 15) is 14.7 Å². The summed E-state index contributed by atoms with van der Waals surface area (Å²) in [6, 6.07) is 47.3. The zero-order valence-corrected chi connectivity index (χ0v) is 29.3. The van der Waals surface area contributed by atoms with Crippen molar-refractivity contribution in [1.29, 1.82) is 0 Å². The molecule has 0 atom stereocenters. The maximum absolute atomic E-state index is 14.9. The van der Waals surface area contributed by atoms with Gasteiger partial charge in [-0.15, -0.1) is 0 Å². The molecule has 6 aromatic rings. The summed E-state index contributed by atoms with van der Waals surface area (Å²) in [6.45, 7) is 5.36. The van der Waals surface area contributed by atoms with Gasteiger partial charge in [0, 0.05) is 11.8 Å². The van der Waals surface area contributed by atoms with Crippen LogP contribution in [0.25, 0.3) is 0 Å². The number of benzene rings is 6. The number of rotatable bonds is 15. The number of hydrogen-bond donors (Lipinski definition) is 1. The van der Waals surface area contributed by atoms with Crippen molar-refractivity contribution in [2.24, 2.45) is 0 Å². The van der Waals surface area contributed by atoms with Crippen molar-refractivity contribution in [1.82, 2.24) is 0 Å². The van der Waals surface area contributed by atoms with E-state index in [0.29, 0.717) is 41.7 Å². The van der Waals surface area contributed by atoms with Crippen molar-refractivity contribution >= 4 is 17.6 Å². The first-order chi connectivity index (χ1) is 25.3. The van der Waals surface area contributed by atoms with E-state index in [4.69, 9.17) is 14.2 Å². The van der Waals surface area contributed by atoms with Gasteiger partial charge in [-0.2, -0.15) is 0 Å². The van der Waals surface area contributed by atoms with Gasteiger partial charge >= 0.3 is 5.97 Å². The summed E-state index contributed by atoms with van der Waals surface area (Å²) in [5.41, 5.74) is 5.88. The molecule has 0 bridgehead atoms. The minimum atomic E-state index is -1.01. The SMILES string of the molecule is CC(C)c1cc(C(=O)N(Cc2ccc(C(=O)O)cc2)c2ccc(OCc3ccccc3)cc2)c(OCc2ccccc2)cc1OCc1ccccc1. The predicted octanol–water partition coefficient (Wildman–Crippen LogP) is 10.1. The maximum Gasteiger partial charge on any atom is 0.335 e. The Morgan fingerprint density at radius 1 is 0.577 bits per heavy atom. The number of carbonyl (C=O) groups is 2. The smallest absolute Gasteiger partial charge is 0.335 e. The minimum Gasteiger partial charge on any atom is -0.489 e. The number of aromatic carboxylic acids is 1. The van der Waals surface area contributed by atoms with Crippen LogP contribution in [0, 0.1) is 0 Å². The number of carbonyl (C=O) groups excluding carboxylic acids is 1. The summed E-state index contributed by atoms with van der Waals surface area (Å²) in [5.74, 6) is 0.462. The van der Waals surface area contributed by atoms with Crippen LogP contribution in [0.15, 0.2) is 152 Å². The molecule has 6 aromatic carbocycles. The number of carboxylic acids is 1. The minimum absolute atomic E-state index is 0.0403. The largest absolute Gasteiger partial charge is 0.489 e. The molecule has 0 heterocycles. The standard InChI is InChI=1S/C45H41NO6/c1-32(2)40-26-41(43(52-31-36-16-10-5-11-17-36)27-42(40)51-30-35-14-8-4-9-15-35)44(47)46(28-33-18-20-37(21-19-33)45(48)49)38-22-24-39(25-23-38)50-29-34-12-6-3-7-13-34/h3-27,32H,28-31H2,1-2H3,(H,48,49). The van der Waals surface area contributed by atoms with Crippen LogP contribution in [0.4, 0.5) is 5.69 Å². The molecule has 0 spiro atoms. The molecule has 0 aromatic heterocycles. The lowest BCUT2D eigenvalue weighted by atomic mass is 9.97. The highest BCUT2D eigenvalue weighted by Crippen LogP contribution is 2.37. The van der Waals surface area contributed by atoms with Gasteiger partial charge in [0.15, 0.2) is 0 Å². The fourth-order valence-electron chi connectivity index (χ4n) is 5.74. The molecule has 7 heteroatoms. The van der Waals surface area contributed by atoms with Crippen molar-refractivity contribution in [3.8, 4) is 17.2 Å². The van der Waals surface area contributed by atoms with Crippen molar-refractivity contribution in [3.05, 3.63) is 191 Å². The zero-order valence-electron chi connectivity index (χ0n) is 29.3. The summed E-state index contributed by atoms with van der Waals surface area (Å²) in [5, 5.41) is 9.47. The maximum atomic E-state index is 14.9. The third kappa shape index (κ3) is 9.25. The van der Waals surface area contributed by atoms with Crippen LogP contribution in [-0.4, -0.2) is 17.0 Å². The van der Waals surface area contributed by atoms with Crippen LogP contribution in [0.3, 0.4) is 0 Å². The molecule has 0 saturated heterocycles. The van der Waals surface area contributed by atoms with Gasteiger partial charge in [0.1, 0.15) is 37.1 Å². The fraction of sp³-hybridized carbons (Fsp3) is 0.156. The van der Waals surface area contributed by atoms with E-state index in [2.05, 4.69) is 13.8 Å². The Morgan fingerprint density at radius 3 is 1.58 bits per heavy atom. The third-order valence-electron chi connectivity index (χ3n) is 8.62.